The lowest BCUT2D eigenvalue weighted by atomic mass is 9.96. The predicted molar refractivity (Wildman–Crippen MR) is 121 cm³/mol. The Kier molecular flexibility index (Phi) is 6.37. The van der Waals surface area contributed by atoms with Crippen LogP contribution >= 0.6 is 0 Å². The zero-order valence-corrected chi connectivity index (χ0v) is 18.6. The van der Waals surface area contributed by atoms with Gasteiger partial charge in [0.2, 0.25) is 5.91 Å². The van der Waals surface area contributed by atoms with Gasteiger partial charge in [0, 0.05) is 43.1 Å². The number of amides is 1. The molecule has 0 spiro atoms. The van der Waals surface area contributed by atoms with Crippen LogP contribution in [0, 0.1) is 0 Å². The Balaban J connectivity index is 1.40. The molecule has 0 bridgehead atoms. The van der Waals surface area contributed by atoms with Crippen molar-refractivity contribution >= 4 is 17.6 Å². The molecule has 1 aliphatic heterocycles. The van der Waals surface area contributed by atoms with E-state index in [4.69, 9.17) is 14.6 Å². The number of nitrogens with one attached hydrogen (secondary N) is 1. The van der Waals surface area contributed by atoms with Crippen LogP contribution in [0.25, 0.3) is 0 Å². The lowest BCUT2D eigenvalue weighted by Gasteiger charge is -2.21. The topological polar surface area (TPSA) is 88.1 Å². The fourth-order valence-electron chi connectivity index (χ4n) is 4.59. The van der Waals surface area contributed by atoms with E-state index in [0.29, 0.717) is 31.7 Å². The maximum atomic E-state index is 13.1. The average molecular weight is 439 g/mol. The third-order valence-electron chi connectivity index (χ3n) is 6.55. The van der Waals surface area contributed by atoms with Crippen molar-refractivity contribution in [2.75, 3.05) is 32.2 Å². The van der Waals surface area contributed by atoms with E-state index in [9.17, 15) is 9.59 Å². The lowest BCUT2D eigenvalue weighted by Crippen LogP contribution is -2.35. The summed E-state index contributed by atoms with van der Waals surface area (Å²) < 4.78 is 10.7. The summed E-state index contributed by atoms with van der Waals surface area (Å²) in [4.78, 5) is 26.0. The zero-order valence-electron chi connectivity index (χ0n) is 18.6. The van der Waals surface area contributed by atoms with E-state index in [1.165, 1.54) is 5.56 Å². The van der Waals surface area contributed by atoms with Crippen LogP contribution in [0.4, 0.5) is 5.69 Å². The number of rotatable bonds is 10. The first kappa shape index (κ1) is 22.1. The van der Waals surface area contributed by atoms with Crippen LogP contribution in [-0.4, -0.2) is 44.3 Å². The number of carboxylic acid groups (broad SMARTS) is 1. The quantitative estimate of drug-likeness (QED) is 0.589. The van der Waals surface area contributed by atoms with Gasteiger partial charge in [0.25, 0.3) is 0 Å². The molecule has 1 fully saturated rings. The third kappa shape index (κ3) is 4.58. The maximum Gasteiger partial charge on any atom is 0.303 e. The summed E-state index contributed by atoms with van der Waals surface area (Å²) in [6, 6.07) is 13.8. The molecule has 1 amide bonds. The fraction of sp³-hybridized carbons (Fsp3) is 0.440. The standard InChI is InChI=1S/C25H30N2O5/c1-31-19-5-3-4-18(14-19)25(11-12-25)26-13-10-23(28)27-16-17(6-9-24(29)30)21-15-20(32-2)7-8-22(21)27/h3-5,7-8,14-15,17,26H,6,9-13,16H2,1-2H3,(H,29,30). The zero-order chi connectivity index (χ0) is 22.7. The summed E-state index contributed by atoms with van der Waals surface area (Å²) in [5.41, 5.74) is 2.97. The molecule has 0 radical (unpaired) electrons. The minimum atomic E-state index is -0.823. The Morgan fingerprint density at radius 3 is 2.53 bits per heavy atom. The van der Waals surface area contributed by atoms with Crippen LogP contribution < -0.4 is 19.7 Å². The predicted octanol–water partition coefficient (Wildman–Crippen LogP) is 3.67. The van der Waals surface area contributed by atoms with Crippen LogP contribution in [-0.2, 0) is 15.1 Å². The largest absolute Gasteiger partial charge is 0.497 e. The first-order valence-electron chi connectivity index (χ1n) is 11.1. The van der Waals surface area contributed by atoms with Crippen molar-refractivity contribution in [3.05, 3.63) is 53.6 Å². The Morgan fingerprint density at radius 1 is 1.09 bits per heavy atom. The SMILES string of the molecule is COc1cccc(C2(NCCC(=O)N3CC(CCC(=O)O)c4cc(OC)ccc43)CC2)c1. The van der Waals surface area contributed by atoms with Crippen molar-refractivity contribution in [3.63, 3.8) is 0 Å². The van der Waals surface area contributed by atoms with E-state index in [-0.39, 0.29) is 23.8 Å². The molecule has 1 heterocycles. The smallest absolute Gasteiger partial charge is 0.303 e. The van der Waals surface area contributed by atoms with Crippen LogP contribution in [0.1, 0.15) is 49.1 Å². The number of ether oxygens (including phenoxy) is 2. The van der Waals surface area contributed by atoms with Crippen LogP contribution in [0.5, 0.6) is 11.5 Å². The first-order valence-corrected chi connectivity index (χ1v) is 11.1. The van der Waals surface area contributed by atoms with Gasteiger partial charge in [-0.15, -0.1) is 0 Å². The van der Waals surface area contributed by atoms with Gasteiger partial charge >= 0.3 is 5.97 Å². The van der Waals surface area contributed by atoms with E-state index in [0.717, 1.165) is 29.8 Å². The molecule has 0 saturated heterocycles. The van der Waals surface area contributed by atoms with Gasteiger partial charge in [-0.2, -0.15) is 0 Å². The Labute approximate surface area is 188 Å². The summed E-state index contributed by atoms with van der Waals surface area (Å²) in [5.74, 6) is 0.774. The molecule has 170 valence electrons. The molecule has 2 N–H and O–H groups in total. The average Bonchev–Trinajstić information content (AvgIpc) is 3.51. The minimum absolute atomic E-state index is 0.000308. The highest BCUT2D eigenvalue weighted by Crippen LogP contribution is 2.46. The number of carboxylic acids is 1. The molecule has 7 heteroatoms. The van der Waals surface area contributed by atoms with Crippen molar-refractivity contribution in [3.8, 4) is 11.5 Å². The van der Waals surface area contributed by atoms with Gasteiger partial charge in [0.15, 0.2) is 0 Å². The number of hydrogen-bond donors (Lipinski definition) is 2. The molecule has 1 aliphatic carbocycles. The number of fused-ring (bicyclic) bond motifs is 1. The number of benzene rings is 2. The maximum absolute atomic E-state index is 13.1. The van der Waals surface area contributed by atoms with Crippen molar-refractivity contribution in [2.45, 2.75) is 43.6 Å². The molecule has 2 aromatic rings. The normalized spacial score (nSPS) is 18.2. The molecule has 1 saturated carbocycles. The van der Waals surface area contributed by atoms with Crippen LogP contribution in [0.15, 0.2) is 42.5 Å². The second-order valence-corrected chi connectivity index (χ2v) is 8.55. The Bertz CT molecular complexity index is 1000. The minimum Gasteiger partial charge on any atom is -0.497 e. The number of nitrogens with zero attached hydrogens (tertiary/aromatic N) is 1. The van der Waals surface area contributed by atoms with Gasteiger partial charge in [-0.3, -0.25) is 9.59 Å². The van der Waals surface area contributed by atoms with Gasteiger partial charge in [0.1, 0.15) is 11.5 Å². The van der Waals surface area contributed by atoms with Crippen molar-refractivity contribution in [2.24, 2.45) is 0 Å². The van der Waals surface area contributed by atoms with Gasteiger partial charge in [-0.05, 0) is 60.7 Å². The van der Waals surface area contributed by atoms with Gasteiger partial charge < -0.3 is 24.8 Å². The molecule has 1 unspecified atom stereocenters. The summed E-state index contributed by atoms with van der Waals surface area (Å²) in [6.45, 7) is 1.09. The van der Waals surface area contributed by atoms with E-state index in [1.54, 1.807) is 19.1 Å². The highest BCUT2D eigenvalue weighted by molar-refractivity contribution is 5.96. The summed E-state index contributed by atoms with van der Waals surface area (Å²) in [5, 5.41) is 12.7. The number of aliphatic carboxylic acids is 1. The number of anilines is 1. The molecular formula is C25H30N2O5. The van der Waals surface area contributed by atoms with E-state index in [1.807, 2.05) is 30.3 Å². The molecular weight excluding hydrogens is 408 g/mol. The van der Waals surface area contributed by atoms with E-state index < -0.39 is 5.97 Å². The van der Waals surface area contributed by atoms with E-state index in [2.05, 4.69) is 17.4 Å². The second kappa shape index (κ2) is 9.20. The van der Waals surface area contributed by atoms with Crippen molar-refractivity contribution < 1.29 is 24.2 Å². The van der Waals surface area contributed by atoms with Crippen LogP contribution in [0.3, 0.4) is 0 Å². The molecule has 0 aromatic heterocycles. The number of methoxy groups -OCH3 is 2. The molecule has 1 atom stereocenters. The highest BCUT2D eigenvalue weighted by Gasteiger charge is 2.44. The van der Waals surface area contributed by atoms with Crippen molar-refractivity contribution in [1.29, 1.82) is 0 Å². The summed E-state index contributed by atoms with van der Waals surface area (Å²) >= 11 is 0. The Hall–Kier alpha value is -3.06. The summed E-state index contributed by atoms with van der Waals surface area (Å²) in [7, 11) is 3.27. The number of hydrogen-bond acceptors (Lipinski definition) is 5. The summed E-state index contributed by atoms with van der Waals surface area (Å²) in [6.07, 6.45) is 3.03. The molecule has 32 heavy (non-hydrogen) atoms. The highest BCUT2D eigenvalue weighted by atomic mass is 16.5. The first-order chi connectivity index (χ1) is 15.5. The molecule has 2 aliphatic rings. The second-order valence-electron chi connectivity index (χ2n) is 8.55. The molecule has 7 nitrogen and oxygen atoms in total. The third-order valence-corrected chi connectivity index (χ3v) is 6.55. The Morgan fingerprint density at radius 2 is 1.84 bits per heavy atom. The fourth-order valence-corrected chi connectivity index (χ4v) is 4.59. The monoisotopic (exact) mass is 438 g/mol. The number of carbonyl (C=O) groups is 2. The van der Waals surface area contributed by atoms with E-state index >= 15 is 0 Å². The number of carbonyl (C=O) groups excluding carboxylic acids is 1. The molecule has 2 aromatic carbocycles. The van der Waals surface area contributed by atoms with Crippen molar-refractivity contribution in [1.82, 2.24) is 5.32 Å². The molecule has 4 rings (SSSR count). The van der Waals surface area contributed by atoms with Gasteiger partial charge in [0.05, 0.1) is 14.2 Å². The lowest BCUT2D eigenvalue weighted by molar-refractivity contribution is -0.137. The van der Waals surface area contributed by atoms with Gasteiger partial charge in [-0.1, -0.05) is 12.1 Å². The van der Waals surface area contributed by atoms with Gasteiger partial charge in [-0.25, -0.2) is 0 Å². The van der Waals surface area contributed by atoms with Crippen LogP contribution in [0.2, 0.25) is 0 Å².